The summed E-state index contributed by atoms with van der Waals surface area (Å²) >= 11 is 0. The molecule has 1 aromatic rings. The third-order valence-corrected chi connectivity index (χ3v) is 6.52. The van der Waals surface area contributed by atoms with Gasteiger partial charge >= 0.3 is 0 Å². The number of halogens is 1. The molecule has 3 aliphatic rings. The number of nitrogens with zero attached hydrogens (tertiary/aromatic N) is 2. The van der Waals surface area contributed by atoms with Crippen molar-refractivity contribution in [1.82, 2.24) is 10.2 Å². The number of carbonyl (C=O) groups is 2. The quantitative estimate of drug-likeness (QED) is 0.722. The second-order valence-corrected chi connectivity index (χ2v) is 8.81. The Balaban J connectivity index is 0.000000310. The molecule has 7 heteroatoms. The first-order valence-corrected chi connectivity index (χ1v) is 11.2. The highest BCUT2D eigenvalue weighted by atomic mass is 19.1. The van der Waals surface area contributed by atoms with Crippen LogP contribution in [0.3, 0.4) is 0 Å². The van der Waals surface area contributed by atoms with Crippen LogP contribution < -0.4 is 16.0 Å². The van der Waals surface area contributed by atoms with Crippen LogP contribution in [-0.2, 0) is 9.59 Å². The van der Waals surface area contributed by atoms with Crippen molar-refractivity contribution in [2.24, 2.45) is 5.73 Å². The van der Waals surface area contributed by atoms with Crippen molar-refractivity contribution < 1.29 is 14.0 Å². The van der Waals surface area contributed by atoms with Gasteiger partial charge in [-0.25, -0.2) is 4.39 Å². The Kier molecular flexibility index (Phi) is 7.83. The van der Waals surface area contributed by atoms with Crippen molar-refractivity contribution in [1.29, 1.82) is 0 Å². The van der Waals surface area contributed by atoms with E-state index in [4.69, 9.17) is 5.73 Å². The molecule has 0 spiro atoms. The second-order valence-electron chi connectivity index (χ2n) is 8.81. The van der Waals surface area contributed by atoms with Crippen LogP contribution in [0, 0.1) is 12.7 Å². The highest BCUT2D eigenvalue weighted by molar-refractivity contribution is 6.01. The molecule has 2 heterocycles. The van der Waals surface area contributed by atoms with Crippen molar-refractivity contribution in [3.05, 3.63) is 29.1 Å². The number of amides is 2. The van der Waals surface area contributed by atoms with Gasteiger partial charge in [0.05, 0.1) is 11.6 Å². The van der Waals surface area contributed by atoms with Crippen LogP contribution >= 0.6 is 0 Å². The molecule has 30 heavy (non-hydrogen) atoms. The van der Waals surface area contributed by atoms with E-state index >= 15 is 0 Å². The summed E-state index contributed by atoms with van der Waals surface area (Å²) in [5.74, 6) is -1.27. The molecule has 0 bridgehead atoms. The predicted molar refractivity (Wildman–Crippen MR) is 117 cm³/mol. The van der Waals surface area contributed by atoms with Gasteiger partial charge in [-0.1, -0.05) is 25.3 Å². The summed E-state index contributed by atoms with van der Waals surface area (Å²) in [7, 11) is 2.06. The van der Waals surface area contributed by atoms with E-state index in [1.807, 2.05) is 6.07 Å². The molecule has 2 amide bonds. The molecule has 4 rings (SSSR count). The largest absolute Gasteiger partial charge is 0.367 e. The molecule has 3 fully saturated rings. The number of benzene rings is 1. The zero-order chi connectivity index (χ0) is 21.7. The van der Waals surface area contributed by atoms with E-state index in [-0.39, 0.29) is 17.6 Å². The summed E-state index contributed by atoms with van der Waals surface area (Å²) in [5, 5.41) is 2.34. The molecule has 1 aromatic carbocycles. The number of hydrogen-bond acceptors (Lipinski definition) is 5. The average Bonchev–Trinajstić information content (AvgIpc) is 2.73. The maximum Gasteiger partial charge on any atom is 0.234 e. The highest BCUT2D eigenvalue weighted by Gasteiger charge is 2.30. The molecule has 0 radical (unpaired) electrons. The summed E-state index contributed by atoms with van der Waals surface area (Å²) in [5.41, 5.74) is 7.43. The molecular weight excluding hydrogens is 383 g/mol. The van der Waals surface area contributed by atoms with Crippen LogP contribution in [0.5, 0.6) is 0 Å². The number of imide groups is 1. The Morgan fingerprint density at radius 1 is 1.03 bits per heavy atom. The molecule has 3 N–H and O–H groups in total. The van der Waals surface area contributed by atoms with E-state index in [9.17, 15) is 14.0 Å². The first-order valence-electron chi connectivity index (χ1n) is 11.2. The van der Waals surface area contributed by atoms with Gasteiger partial charge in [-0.05, 0) is 50.4 Å². The number of piperazine rings is 1. The fraction of sp³-hybridized carbons (Fsp3) is 0.652. The first-order chi connectivity index (χ1) is 14.4. The number of likely N-dealkylation sites (N-methyl/N-ethyl adjacent to an activating group) is 1. The van der Waals surface area contributed by atoms with Crippen LogP contribution in [-0.4, -0.2) is 56.0 Å². The van der Waals surface area contributed by atoms with Crippen LogP contribution in [0.4, 0.5) is 10.1 Å². The van der Waals surface area contributed by atoms with Crippen LogP contribution in [0.2, 0.25) is 0 Å². The number of piperidine rings is 1. The lowest BCUT2D eigenvalue weighted by Gasteiger charge is -2.35. The molecule has 1 saturated carbocycles. The summed E-state index contributed by atoms with van der Waals surface area (Å²) in [6.07, 6.45) is 7.41. The molecule has 0 aromatic heterocycles. The van der Waals surface area contributed by atoms with Gasteiger partial charge in [-0.2, -0.15) is 0 Å². The molecule has 1 atom stereocenters. The second kappa shape index (κ2) is 10.4. The minimum atomic E-state index is -0.441. The monoisotopic (exact) mass is 418 g/mol. The van der Waals surface area contributed by atoms with Crippen molar-refractivity contribution in [3.63, 3.8) is 0 Å². The number of anilines is 1. The lowest BCUT2D eigenvalue weighted by molar-refractivity contribution is -0.134. The van der Waals surface area contributed by atoms with Crippen molar-refractivity contribution in [2.75, 3.05) is 38.1 Å². The van der Waals surface area contributed by atoms with Gasteiger partial charge in [0.1, 0.15) is 5.82 Å². The van der Waals surface area contributed by atoms with Crippen LogP contribution in [0.25, 0.3) is 0 Å². The van der Waals surface area contributed by atoms with Gasteiger partial charge in [-0.15, -0.1) is 0 Å². The summed E-state index contributed by atoms with van der Waals surface area (Å²) in [4.78, 5) is 27.6. The molecule has 1 unspecified atom stereocenters. The number of hydrogen-bond donors (Lipinski definition) is 2. The number of nitrogens with two attached hydrogens (primary N) is 1. The van der Waals surface area contributed by atoms with Crippen molar-refractivity contribution in [3.8, 4) is 0 Å². The molecule has 6 nitrogen and oxygen atoms in total. The van der Waals surface area contributed by atoms with Gasteiger partial charge in [0, 0.05) is 38.6 Å². The average molecular weight is 419 g/mol. The summed E-state index contributed by atoms with van der Waals surface area (Å²) in [6.45, 7) is 5.13. The maximum absolute atomic E-state index is 14.8. The van der Waals surface area contributed by atoms with E-state index in [1.54, 1.807) is 13.0 Å². The van der Waals surface area contributed by atoms with Gasteiger partial charge in [-0.3, -0.25) is 14.9 Å². The maximum atomic E-state index is 14.8. The molecule has 166 valence electrons. The third-order valence-electron chi connectivity index (χ3n) is 6.52. The SMILES string of the molecule is Cc1c(C2CCC(=O)NC2=O)ccc(N2CCN(C)CC2)c1F.NC1CCCCC1. The molecule has 2 aliphatic heterocycles. The predicted octanol–water partition coefficient (Wildman–Crippen LogP) is 2.68. The standard InChI is InChI=1S/C17H22FN3O2.C6H13N/c1-11-12(13-4-6-15(22)19-17(13)23)3-5-14(16(11)18)21-9-7-20(2)8-10-21;7-6-4-2-1-3-5-6/h3,5,13H,4,6-10H2,1-2H3,(H,19,22,23);6H,1-5,7H2. The van der Waals surface area contributed by atoms with E-state index in [0.29, 0.717) is 35.7 Å². The zero-order valence-electron chi connectivity index (χ0n) is 18.3. The fourth-order valence-corrected chi connectivity index (χ4v) is 4.48. The normalized spacial score (nSPS) is 23.6. The Bertz CT molecular complexity index is 756. The number of rotatable bonds is 2. The Hall–Kier alpha value is -1.99. The van der Waals surface area contributed by atoms with E-state index < -0.39 is 5.92 Å². The van der Waals surface area contributed by atoms with Crippen LogP contribution in [0.15, 0.2) is 12.1 Å². The summed E-state index contributed by atoms with van der Waals surface area (Å²) in [6, 6.07) is 4.15. The van der Waals surface area contributed by atoms with Gasteiger partial charge in [0.25, 0.3) is 0 Å². The fourth-order valence-electron chi connectivity index (χ4n) is 4.48. The Morgan fingerprint density at radius 3 is 2.27 bits per heavy atom. The minimum Gasteiger partial charge on any atom is -0.367 e. The van der Waals surface area contributed by atoms with Crippen molar-refractivity contribution >= 4 is 17.5 Å². The third kappa shape index (κ3) is 5.58. The van der Waals surface area contributed by atoms with Gasteiger partial charge in [0.15, 0.2) is 0 Å². The first kappa shape index (κ1) is 22.7. The van der Waals surface area contributed by atoms with Gasteiger partial charge in [0.2, 0.25) is 11.8 Å². The zero-order valence-corrected chi connectivity index (χ0v) is 18.3. The van der Waals surface area contributed by atoms with Crippen molar-refractivity contribution in [2.45, 2.75) is 63.8 Å². The topological polar surface area (TPSA) is 78.7 Å². The molecule has 1 aliphatic carbocycles. The Labute approximate surface area is 179 Å². The van der Waals surface area contributed by atoms with Gasteiger partial charge < -0.3 is 15.5 Å². The van der Waals surface area contributed by atoms with E-state index in [1.165, 1.54) is 32.1 Å². The lowest BCUT2D eigenvalue weighted by atomic mass is 9.87. The minimum absolute atomic E-state index is 0.251. The summed E-state index contributed by atoms with van der Waals surface area (Å²) < 4.78 is 14.8. The smallest absolute Gasteiger partial charge is 0.234 e. The van der Waals surface area contributed by atoms with E-state index in [2.05, 4.69) is 22.2 Å². The lowest BCUT2D eigenvalue weighted by Crippen LogP contribution is -2.45. The highest BCUT2D eigenvalue weighted by Crippen LogP contribution is 2.33. The Morgan fingerprint density at radius 2 is 1.70 bits per heavy atom. The van der Waals surface area contributed by atoms with E-state index in [0.717, 1.165) is 26.2 Å². The van der Waals surface area contributed by atoms with Crippen LogP contribution in [0.1, 0.15) is 62.0 Å². The number of carbonyl (C=O) groups excluding carboxylic acids is 2. The molecule has 2 saturated heterocycles. The number of nitrogens with one attached hydrogen (secondary N) is 1. The molecular formula is C23H35FN4O2.